The topological polar surface area (TPSA) is 0 Å². The minimum atomic E-state index is 1.21. The molecule has 0 heteroatoms. The number of hydrogen-bond donors (Lipinski definition) is 0. The summed E-state index contributed by atoms with van der Waals surface area (Å²) in [5.41, 5.74) is 7.66. The molecule has 15 heavy (non-hydrogen) atoms. The van der Waals surface area contributed by atoms with Crippen LogP contribution in [0, 0.1) is 6.92 Å². The van der Waals surface area contributed by atoms with Crippen molar-refractivity contribution in [1.82, 2.24) is 0 Å². The van der Waals surface area contributed by atoms with Gasteiger partial charge in [-0.15, -0.1) is 0 Å². The molecule has 0 bridgehead atoms. The summed E-state index contributed by atoms with van der Waals surface area (Å²) in [6.07, 6.45) is 9.57. The van der Waals surface area contributed by atoms with E-state index in [1.807, 2.05) is 0 Å². The summed E-state index contributed by atoms with van der Waals surface area (Å²) in [5.74, 6) is 0. The van der Waals surface area contributed by atoms with Gasteiger partial charge < -0.3 is 0 Å². The Labute approximate surface area is 91.3 Å². The molecule has 76 valence electrons. The molecule has 2 aliphatic rings. The highest BCUT2D eigenvalue weighted by molar-refractivity contribution is 5.76. The fourth-order valence-electron chi connectivity index (χ4n) is 2.75. The van der Waals surface area contributed by atoms with Gasteiger partial charge >= 0.3 is 0 Å². The van der Waals surface area contributed by atoms with Crippen molar-refractivity contribution in [2.75, 3.05) is 0 Å². The smallest absolute Gasteiger partial charge is 0.0189 e. The molecule has 0 radical (unpaired) electrons. The Bertz CT molecular complexity index is 461. The molecular formula is C15H16. The Morgan fingerprint density at radius 3 is 2.93 bits per heavy atom. The van der Waals surface area contributed by atoms with Crippen molar-refractivity contribution in [2.24, 2.45) is 0 Å². The summed E-state index contributed by atoms with van der Waals surface area (Å²) in [6.45, 7) is 2.19. The molecule has 3 rings (SSSR count). The summed E-state index contributed by atoms with van der Waals surface area (Å²) in [5, 5.41) is 0. The van der Waals surface area contributed by atoms with E-state index in [0.717, 1.165) is 0 Å². The lowest BCUT2D eigenvalue weighted by molar-refractivity contribution is 0.895. The van der Waals surface area contributed by atoms with Gasteiger partial charge in [-0.1, -0.05) is 35.9 Å². The second kappa shape index (κ2) is 3.37. The van der Waals surface area contributed by atoms with E-state index in [2.05, 4.69) is 37.3 Å². The molecule has 0 spiro atoms. The minimum Gasteiger partial charge on any atom is -0.0839 e. The SMILES string of the molecule is Cc1ccc2c(c1)CCC1=C2CCC=C1. The Morgan fingerprint density at radius 1 is 1.07 bits per heavy atom. The van der Waals surface area contributed by atoms with Crippen molar-refractivity contribution in [1.29, 1.82) is 0 Å². The van der Waals surface area contributed by atoms with Crippen LogP contribution in [0.2, 0.25) is 0 Å². The van der Waals surface area contributed by atoms with Crippen molar-refractivity contribution in [3.05, 3.63) is 52.6 Å². The third-order valence-electron chi connectivity index (χ3n) is 3.52. The van der Waals surface area contributed by atoms with Crippen LogP contribution in [0.15, 0.2) is 35.9 Å². The second-order valence-corrected chi connectivity index (χ2v) is 4.61. The molecule has 0 unspecified atom stereocenters. The standard InChI is InChI=1S/C15H16/c1-11-6-9-15-13(10-11)8-7-12-4-2-3-5-14(12)15/h2,4,6,9-10H,3,5,7-8H2,1H3. The van der Waals surface area contributed by atoms with Gasteiger partial charge in [0, 0.05) is 0 Å². The van der Waals surface area contributed by atoms with Crippen LogP contribution in [0.25, 0.3) is 5.57 Å². The van der Waals surface area contributed by atoms with Crippen molar-refractivity contribution in [2.45, 2.75) is 32.6 Å². The van der Waals surface area contributed by atoms with E-state index in [9.17, 15) is 0 Å². The number of hydrogen-bond acceptors (Lipinski definition) is 0. The first-order valence-electron chi connectivity index (χ1n) is 5.83. The molecular weight excluding hydrogens is 180 g/mol. The van der Waals surface area contributed by atoms with E-state index in [-0.39, 0.29) is 0 Å². The molecule has 0 nitrogen and oxygen atoms in total. The van der Waals surface area contributed by atoms with Crippen LogP contribution >= 0.6 is 0 Å². The Hall–Kier alpha value is -1.30. The fraction of sp³-hybridized carbons (Fsp3) is 0.333. The molecule has 0 heterocycles. The fourth-order valence-corrected chi connectivity index (χ4v) is 2.75. The molecule has 0 amide bonds. The molecule has 0 saturated carbocycles. The molecule has 0 aromatic heterocycles. The molecule has 0 fully saturated rings. The maximum absolute atomic E-state index is 2.36. The molecule has 0 atom stereocenters. The van der Waals surface area contributed by atoms with E-state index < -0.39 is 0 Å². The normalized spacial score (nSPS) is 18.7. The van der Waals surface area contributed by atoms with Gasteiger partial charge in [0.15, 0.2) is 0 Å². The van der Waals surface area contributed by atoms with E-state index in [0.29, 0.717) is 0 Å². The number of fused-ring (bicyclic) bond motifs is 2. The Balaban J connectivity index is 2.17. The highest BCUT2D eigenvalue weighted by Gasteiger charge is 2.18. The van der Waals surface area contributed by atoms with Gasteiger partial charge in [0.05, 0.1) is 0 Å². The molecule has 0 aliphatic heterocycles. The van der Waals surface area contributed by atoms with Crippen LogP contribution in [0.4, 0.5) is 0 Å². The molecule has 0 saturated heterocycles. The van der Waals surface area contributed by atoms with Gasteiger partial charge in [0.25, 0.3) is 0 Å². The Morgan fingerprint density at radius 2 is 2.00 bits per heavy atom. The zero-order chi connectivity index (χ0) is 10.3. The number of aryl methyl sites for hydroxylation is 2. The van der Waals surface area contributed by atoms with Gasteiger partial charge in [0.1, 0.15) is 0 Å². The van der Waals surface area contributed by atoms with Gasteiger partial charge in [-0.3, -0.25) is 0 Å². The van der Waals surface area contributed by atoms with Crippen LogP contribution < -0.4 is 0 Å². The third kappa shape index (κ3) is 1.45. The molecule has 1 aromatic carbocycles. The minimum absolute atomic E-state index is 1.21. The lowest BCUT2D eigenvalue weighted by Gasteiger charge is -2.24. The van der Waals surface area contributed by atoms with Crippen LogP contribution in [-0.2, 0) is 6.42 Å². The third-order valence-corrected chi connectivity index (χ3v) is 3.52. The van der Waals surface area contributed by atoms with Crippen LogP contribution in [0.3, 0.4) is 0 Å². The predicted molar refractivity (Wildman–Crippen MR) is 64.8 cm³/mol. The van der Waals surface area contributed by atoms with Gasteiger partial charge in [-0.25, -0.2) is 0 Å². The van der Waals surface area contributed by atoms with E-state index >= 15 is 0 Å². The predicted octanol–water partition coefficient (Wildman–Crippen LogP) is 4.04. The first kappa shape index (κ1) is 8.96. The van der Waals surface area contributed by atoms with E-state index in [1.54, 1.807) is 16.7 Å². The summed E-state index contributed by atoms with van der Waals surface area (Å²) >= 11 is 0. The number of benzene rings is 1. The van der Waals surface area contributed by atoms with Gasteiger partial charge in [0.2, 0.25) is 0 Å². The van der Waals surface area contributed by atoms with Gasteiger partial charge in [-0.05, 0) is 54.9 Å². The van der Waals surface area contributed by atoms with Crippen molar-refractivity contribution >= 4 is 5.57 Å². The lowest BCUT2D eigenvalue weighted by atomic mass is 9.81. The summed E-state index contributed by atoms with van der Waals surface area (Å²) in [7, 11) is 0. The largest absolute Gasteiger partial charge is 0.0839 e. The summed E-state index contributed by atoms with van der Waals surface area (Å²) in [4.78, 5) is 0. The van der Waals surface area contributed by atoms with Crippen LogP contribution in [0.1, 0.15) is 36.0 Å². The lowest BCUT2D eigenvalue weighted by Crippen LogP contribution is -2.06. The zero-order valence-corrected chi connectivity index (χ0v) is 9.22. The first-order valence-corrected chi connectivity index (χ1v) is 5.83. The van der Waals surface area contributed by atoms with Crippen LogP contribution in [-0.4, -0.2) is 0 Å². The first-order chi connectivity index (χ1) is 7.34. The number of rotatable bonds is 0. The van der Waals surface area contributed by atoms with E-state index in [1.165, 1.54) is 36.8 Å². The van der Waals surface area contributed by atoms with Crippen molar-refractivity contribution in [3.8, 4) is 0 Å². The maximum atomic E-state index is 2.36. The van der Waals surface area contributed by atoms with Crippen molar-refractivity contribution in [3.63, 3.8) is 0 Å². The Kier molecular flexibility index (Phi) is 2.02. The summed E-state index contributed by atoms with van der Waals surface area (Å²) < 4.78 is 0. The van der Waals surface area contributed by atoms with Gasteiger partial charge in [-0.2, -0.15) is 0 Å². The zero-order valence-electron chi connectivity index (χ0n) is 9.22. The average Bonchev–Trinajstić information content (AvgIpc) is 2.28. The van der Waals surface area contributed by atoms with E-state index in [4.69, 9.17) is 0 Å². The summed E-state index contributed by atoms with van der Waals surface area (Å²) in [6, 6.07) is 6.92. The highest BCUT2D eigenvalue weighted by atomic mass is 14.2. The monoisotopic (exact) mass is 196 g/mol. The quantitative estimate of drug-likeness (QED) is 0.587. The maximum Gasteiger partial charge on any atom is -0.0189 e. The molecule has 1 aromatic rings. The highest BCUT2D eigenvalue weighted by Crippen LogP contribution is 2.37. The number of allylic oxidation sites excluding steroid dienone is 4. The molecule has 0 N–H and O–H groups in total. The van der Waals surface area contributed by atoms with Crippen molar-refractivity contribution < 1.29 is 0 Å². The second-order valence-electron chi connectivity index (χ2n) is 4.61. The average molecular weight is 196 g/mol. The molecule has 2 aliphatic carbocycles. The van der Waals surface area contributed by atoms with Crippen LogP contribution in [0.5, 0.6) is 0 Å².